The number of carbonyl (C=O) groups excluding carboxylic acids is 2. The van der Waals surface area contributed by atoms with E-state index in [1.54, 1.807) is 24.0 Å². The zero-order valence-corrected chi connectivity index (χ0v) is 20.9. The molecule has 0 radical (unpaired) electrons. The first-order chi connectivity index (χ1) is 18.1. The van der Waals surface area contributed by atoms with Crippen LogP contribution in [0.15, 0.2) is 72.8 Å². The molecule has 0 saturated carbocycles. The predicted molar refractivity (Wildman–Crippen MR) is 136 cm³/mol. The Kier molecular flexibility index (Phi) is 8.34. The number of urea groups is 1. The molecule has 2 N–H and O–H groups in total. The molecule has 5 nitrogen and oxygen atoms in total. The van der Waals surface area contributed by atoms with Gasteiger partial charge >= 0.3 is 12.2 Å². The van der Waals surface area contributed by atoms with Crippen LogP contribution in [0.1, 0.15) is 40.2 Å². The SMILES string of the molecule is Cc1cc([C@@H]2C[C@@H](C(=O)NCc3cccc(C(F)(F)F)c3)CN(C(=O)NCc3ccccc3)C2)ccc1F. The lowest BCUT2D eigenvalue weighted by Crippen LogP contribution is -2.50. The minimum Gasteiger partial charge on any atom is -0.352 e. The minimum atomic E-state index is -4.47. The zero-order chi connectivity index (χ0) is 27.3. The highest BCUT2D eigenvalue weighted by Gasteiger charge is 2.35. The first-order valence-corrected chi connectivity index (χ1v) is 12.4. The summed E-state index contributed by atoms with van der Waals surface area (Å²) in [6.45, 7) is 2.42. The van der Waals surface area contributed by atoms with E-state index in [0.29, 0.717) is 30.6 Å². The standard InChI is InChI=1S/C29H29F4N3O2/c1-19-12-22(10-11-26(19)30)23-14-24(18-36(17-23)28(38)35-15-20-6-3-2-4-7-20)27(37)34-16-21-8-5-9-25(13-21)29(31,32)33/h2-13,23-24H,14-18H2,1H3,(H,34,37)(H,35,38)/t23-,24-/m1/s1. The summed E-state index contributed by atoms with van der Waals surface area (Å²) in [6, 6.07) is 18.7. The van der Waals surface area contributed by atoms with E-state index in [0.717, 1.165) is 23.3 Å². The normalized spacial score (nSPS) is 17.7. The van der Waals surface area contributed by atoms with E-state index < -0.39 is 17.7 Å². The maximum absolute atomic E-state index is 13.9. The van der Waals surface area contributed by atoms with E-state index in [2.05, 4.69) is 10.6 Å². The Morgan fingerprint density at radius 1 is 0.895 bits per heavy atom. The fourth-order valence-corrected chi connectivity index (χ4v) is 4.69. The van der Waals surface area contributed by atoms with Crippen LogP contribution in [0.2, 0.25) is 0 Å². The lowest BCUT2D eigenvalue weighted by Gasteiger charge is -2.37. The van der Waals surface area contributed by atoms with Crippen LogP contribution in [0, 0.1) is 18.7 Å². The molecule has 0 aromatic heterocycles. The van der Waals surface area contributed by atoms with Gasteiger partial charge in [0.1, 0.15) is 5.82 Å². The van der Waals surface area contributed by atoms with Crippen molar-refractivity contribution in [3.63, 3.8) is 0 Å². The van der Waals surface area contributed by atoms with E-state index in [1.807, 2.05) is 30.3 Å². The lowest BCUT2D eigenvalue weighted by atomic mass is 9.83. The number of likely N-dealkylation sites (tertiary alicyclic amines) is 1. The van der Waals surface area contributed by atoms with Gasteiger partial charge in [0.15, 0.2) is 0 Å². The third-order valence-electron chi connectivity index (χ3n) is 6.77. The van der Waals surface area contributed by atoms with Gasteiger partial charge in [0, 0.05) is 32.1 Å². The second-order valence-electron chi connectivity index (χ2n) is 9.60. The molecule has 3 amide bonds. The fraction of sp³-hybridized carbons (Fsp3) is 0.310. The number of hydrogen-bond donors (Lipinski definition) is 2. The van der Waals surface area contributed by atoms with Crippen LogP contribution in [-0.4, -0.2) is 29.9 Å². The van der Waals surface area contributed by atoms with Gasteiger partial charge in [-0.05, 0) is 53.8 Å². The molecular weight excluding hydrogens is 498 g/mol. The number of aryl methyl sites for hydroxylation is 1. The summed E-state index contributed by atoms with van der Waals surface area (Å²) in [6.07, 6.45) is -4.06. The van der Waals surface area contributed by atoms with Crippen LogP contribution in [-0.2, 0) is 24.1 Å². The van der Waals surface area contributed by atoms with Gasteiger partial charge in [0.05, 0.1) is 11.5 Å². The molecule has 1 aliphatic rings. The van der Waals surface area contributed by atoms with Gasteiger partial charge in [-0.2, -0.15) is 13.2 Å². The molecule has 0 aliphatic carbocycles. The number of halogens is 4. The second kappa shape index (κ2) is 11.7. The van der Waals surface area contributed by atoms with Crippen molar-refractivity contribution in [3.8, 4) is 0 Å². The van der Waals surface area contributed by atoms with Gasteiger partial charge in [0.25, 0.3) is 0 Å². The van der Waals surface area contributed by atoms with Crippen LogP contribution in [0.25, 0.3) is 0 Å². The topological polar surface area (TPSA) is 61.4 Å². The number of amides is 3. The van der Waals surface area contributed by atoms with Crippen molar-refractivity contribution < 1.29 is 27.2 Å². The largest absolute Gasteiger partial charge is 0.416 e. The maximum atomic E-state index is 13.9. The smallest absolute Gasteiger partial charge is 0.352 e. The molecule has 1 fully saturated rings. The molecule has 4 rings (SSSR count). The first kappa shape index (κ1) is 27.2. The summed E-state index contributed by atoms with van der Waals surface area (Å²) in [5.41, 5.74) is 1.76. The molecule has 0 unspecified atom stereocenters. The van der Waals surface area contributed by atoms with Crippen molar-refractivity contribution in [2.24, 2.45) is 5.92 Å². The van der Waals surface area contributed by atoms with E-state index in [4.69, 9.17) is 0 Å². The van der Waals surface area contributed by atoms with Crippen molar-refractivity contribution in [3.05, 3.63) is 106 Å². The molecule has 1 heterocycles. The Labute approximate surface area is 218 Å². The Morgan fingerprint density at radius 2 is 1.61 bits per heavy atom. The molecule has 0 bridgehead atoms. The fourth-order valence-electron chi connectivity index (χ4n) is 4.69. The number of carbonyl (C=O) groups is 2. The van der Waals surface area contributed by atoms with Crippen LogP contribution in [0.5, 0.6) is 0 Å². The molecule has 1 saturated heterocycles. The average molecular weight is 528 g/mol. The number of nitrogens with one attached hydrogen (secondary N) is 2. The molecular formula is C29H29F4N3O2. The Bertz CT molecular complexity index is 1280. The number of nitrogens with zero attached hydrogens (tertiary/aromatic N) is 1. The molecule has 1 aliphatic heterocycles. The summed E-state index contributed by atoms with van der Waals surface area (Å²) in [5, 5.41) is 5.62. The van der Waals surface area contributed by atoms with Crippen LogP contribution < -0.4 is 10.6 Å². The minimum absolute atomic E-state index is 0.0697. The van der Waals surface area contributed by atoms with Crippen molar-refractivity contribution >= 4 is 11.9 Å². The van der Waals surface area contributed by atoms with E-state index >= 15 is 0 Å². The Balaban J connectivity index is 1.47. The van der Waals surface area contributed by atoms with Crippen molar-refractivity contribution in [2.45, 2.75) is 38.5 Å². The quantitative estimate of drug-likeness (QED) is 0.399. The number of rotatable bonds is 6. The highest BCUT2D eigenvalue weighted by Crippen LogP contribution is 2.32. The van der Waals surface area contributed by atoms with Gasteiger partial charge in [-0.15, -0.1) is 0 Å². The van der Waals surface area contributed by atoms with Gasteiger partial charge in [-0.3, -0.25) is 4.79 Å². The molecule has 9 heteroatoms. The molecule has 200 valence electrons. The Morgan fingerprint density at radius 3 is 2.32 bits per heavy atom. The second-order valence-corrected chi connectivity index (χ2v) is 9.60. The summed E-state index contributed by atoms with van der Waals surface area (Å²) in [7, 11) is 0. The van der Waals surface area contributed by atoms with E-state index in [1.165, 1.54) is 18.2 Å². The van der Waals surface area contributed by atoms with Gasteiger partial charge < -0.3 is 15.5 Å². The zero-order valence-electron chi connectivity index (χ0n) is 20.9. The first-order valence-electron chi connectivity index (χ1n) is 12.4. The molecule has 3 aromatic rings. The number of benzene rings is 3. The predicted octanol–water partition coefficient (Wildman–Crippen LogP) is 5.78. The Hall–Kier alpha value is -3.88. The molecule has 3 aromatic carbocycles. The molecule has 0 spiro atoms. The molecule has 38 heavy (non-hydrogen) atoms. The number of piperidine rings is 1. The van der Waals surface area contributed by atoms with Gasteiger partial charge in [-0.25, -0.2) is 9.18 Å². The van der Waals surface area contributed by atoms with Crippen LogP contribution >= 0.6 is 0 Å². The summed E-state index contributed by atoms with van der Waals surface area (Å²) in [4.78, 5) is 27.8. The number of hydrogen-bond acceptors (Lipinski definition) is 2. The monoisotopic (exact) mass is 527 g/mol. The van der Waals surface area contributed by atoms with Gasteiger partial charge in [-0.1, -0.05) is 54.6 Å². The van der Waals surface area contributed by atoms with Crippen molar-refractivity contribution in [2.75, 3.05) is 13.1 Å². The van der Waals surface area contributed by atoms with E-state index in [-0.39, 0.29) is 36.8 Å². The highest BCUT2D eigenvalue weighted by molar-refractivity contribution is 5.81. The third kappa shape index (κ3) is 6.90. The van der Waals surface area contributed by atoms with Crippen LogP contribution in [0.4, 0.5) is 22.4 Å². The maximum Gasteiger partial charge on any atom is 0.416 e. The summed E-state index contributed by atoms with van der Waals surface area (Å²) in [5.74, 6) is -1.49. The van der Waals surface area contributed by atoms with Gasteiger partial charge in [0.2, 0.25) is 5.91 Å². The highest BCUT2D eigenvalue weighted by atomic mass is 19.4. The average Bonchev–Trinajstić information content (AvgIpc) is 2.92. The lowest BCUT2D eigenvalue weighted by molar-refractivity contribution is -0.137. The third-order valence-corrected chi connectivity index (χ3v) is 6.77. The summed E-state index contributed by atoms with van der Waals surface area (Å²) >= 11 is 0. The molecule has 2 atom stereocenters. The van der Waals surface area contributed by atoms with Crippen molar-refractivity contribution in [1.82, 2.24) is 15.5 Å². The van der Waals surface area contributed by atoms with E-state index in [9.17, 15) is 27.2 Å². The number of alkyl halides is 3. The van der Waals surface area contributed by atoms with Crippen molar-refractivity contribution in [1.29, 1.82) is 0 Å². The summed E-state index contributed by atoms with van der Waals surface area (Å²) < 4.78 is 53.0. The van der Waals surface area contributed by atoms with Crippen LogP contribution in [0.3, 0.4) is 0 Å².